The number of nitrogens with zero attached hydrogens (tertiary/aromatic N) is 1. The molecule has 1 aromatic heterocycles. The van der Waals surface area contributed by atoms with E-state index >= 15 is 0 Å². The summed E-state index contributed by atoms with van der Waals surface area (Å²) < 4.78 is 5.97. The quantitative estimate of drug-likeness (QED) is 0.556. The summed E-state index contributed by atoms with van der Waals surface area (Å²) >= 11 is 0. The summed E-state index contributed by atoms with van der Waals surface area (Å²) in [6.45, 7) is 5.00. The smallest absolute Gasteiger partial charge is 0.130 e. The minimum absolute atomic E-state index is 0.748. The van der Waals surface area contributed by atoms with Crippen LogP contribution < -0.4 is 10.5 Å². The minimum atomic E-state index is 0.748. The Morgan fingerprint density at radius 2 is 1.81 bits per heavy atom. The van der Waals surface area contributed by atoms with Gasteiger partial charge < -0.3 is 10.5 Å². The largest absolute Gasteiger partial charge is 0.493 e. The van der Waals surface area contributed by atoms with E-state index in [1.54, 1.807) is 0 Å². The first-order chi connectivity index (χ1) is 10.2. The summed E-state index contributed by atoms with van der Waals surface area (Å²) in [5.41, 5.74) is 8.54. The van der Waals surface area contributed by atoms with Gasteiger partial charge in [0, 0.05) is 22.8 Å². The van der Waals surface area contributed by atoms with E-state index in [9.17, 15) is 0 Å². The molecule has 0 fully saturated rings. The molecule has 0 aliphatic rings. The van der Waals surface area contributed by atoms with Crippen LogP contribution in [0.5, 0.6) is 5.75 Å². The lowest BCUT2D eigenvalue weighted by atomic mass is 10.1. The lowest BCUT2D eigenvalue weighted by molar-refractivity contribution is 0.307. The van der Waals surface area contributed by atoms with Crippen LogP contribution in [-0.2, 0) is 0 Å². The van der Waals surface area contributed by atoms with Gasteiger partial charge in [0.25, 0.3) is 0 Å². The zero-order valence-electron chi connectivity index (χ0n) is 13.2. The molecule has 1 heterocycles. The van der Waals surface area contributed by atoms with Gasteiger partial charge in [0.1, 0.15) is 5.75 Å². The standard InChI is InChI=1S/C18H26N2O/c1-3-4-5-6-7-8-11-21-18-12-14(2)20-17-10-9-15(19)13-16(17)18/h9-10,12-13H,3-8,11,19H2,1-2H3. The van der Waals surface area contributed by atoms with Crippen molar-refractivity contribution in [2.45, 2.75) is 52.4 Å². The van der Waals surface area contributed by atoms with Crippen molar-refractivity contribution in [2.24, 2.45) is 0 Å². The predicted octanol–water partition coefficient (Wildman–Crippen LogP) is 4.86. The first-order valence-corrected chi connectivity index (χ1v) is 8.00. The van der Waals surface area contributed by atoms with E-state index in [-0.39, 0.29) is 0 Å². The van der Waals surface area contributed by atoms with E-state index in [1.807, 2.05) is 31.2 Å². The van der Waals surface area contributed by atoms with Crippen molar-refractivity contribution in [2.75, 3.05) is 12.3 Å². The van der Waals surface area contributed by atoms with Crippen LogP contribution in [0.25, 0.3) is 10.9 Å². The van der Waals surface area contributed by atoms with Gasteiger partial charge in [-0.2, -0.15) is 0 Å². The monoisotopic (exact) mass is 286 g/mol. The van der Waals surface area contributed by atoms with E-state index in [4.69, 9.17) is 10.5 Å². The highest BCUT2D eigenvalue weighted by molar-refractivity contribution is 5.87. The van der Waals surface area contributed by atoms with Crippen LogP contribution in [0.3, 0.4) is 0 Å². The average Bonchev–Trinajstić information content (AvgIpc) is 2.47. The third-order valence-electron chi connectivity index (χ3n) is 3.68. The van der Waals surface area contributed by atoms with Crippen LogP contribution in [0.2, 0.25) is 0 Å². The molecule has 0 atom stereocenters. The molecule has 0 aliphatic heterocycles. The van der Waals surface area contributed by atoms with Crippen molar-refractivity contribution in [1.82, 2.24) is 4.98 Å². The Labute approximate surface area is 127 Å². The first-order valence-electron chi connectivity index (χ1n) is 8.00. The molecule has 2 N–H and O–H groups in total. The van der Waals surface area contributed by atoms with Gasteiger partial charge in [-0.1, -0.05) is 39.0 Å². The van der Waals surface area contributed by atoms with Crippen LogP contribution in [0, 0.1) is 6.92 Å². The molecule has 0 saturated heterocycles. The Morgan fingerprint density at radius 1 is 1.05 bits per heavy atom. The van der Waals surface area contributed by atoms with Crippen molar-refractivity contribution >= 4 is 16.6 Å². The fraction of sp³-hybridized carbons (Fsp3) is 0.500. The summed E-state index contributed by atoms with van der Waals surface area (Å²) in [5.74, 6) is 0.901. The van der Waals surface area contributed by atoms with Crippen LogP contribution in [0.1, 0.15) is 51.1 Å². The highest BCUT2D eigenvalue weighted by atomic mass is 16.5. The van der Waals surface area contributed by atoms with Gasteiger partial charge in [0.05, 0.1) is 12.1 Å². The fourth-order valence-electron chi connectivity index (χ4n) is 2.52. The number of unbranched alkanes of at least 4 members (excludes halogenated alkanes) is 5. The summed E-state index contributed by atoms with van der Waals surface area (Å²) in [4.78, 5) is 4.52. The van der Waals surface area contributed by atoms with Crippen LogP contribution in [0.4, 0.5) is 5.69 Å². The van der Waals surface area contributed by atoms with Gasteiger partial charge in [-0.25, -0.2) is 0 Å². The Hall–Kier alpha value is -1.77. The van der Waals surface area contributed by atoms with Crippen LogP contribution >= 0.6 is 0 Å². The molecular formula is C18H26N2O. The molecule has 114 valence electrons. The second-order valence-corrected chi connectivity index (χ2v) is 5.65. The summed E-state index contributed by atoms with van der Waals surface area (Å²) in [5, 5.41) is 1.01. The number of aromatic nitrogens is 1. The lowest BCUT2D eigenvalue weighted by Gasteiger charge is -2.11. The molecule has 0 radical (unpaired) electrons. The van der Waals surface area contributed by atoms with Gasteiger partial charge in [-0.3, -0.25) is 4.98 Å². The van der Waals surface area contributed by atoms with Gasteiger partial charge in [0.2, 0.25) is 0 Å². The van der Waals surface area contributed by atoms with E-state index < -0.39 is 0 Å². The number of nitrogen functional groups attached to an aromatic ring is 1. The van der Waals surface area contributed by atoms with Crippen molar-refractivity contribution in [3.8, 4) is 5.75 Å². The molecule has 0 saturated carbocycles. The predicted molar refractivity (Wildman–Crippen MR) is 89.8 cm³/mol. The number of rotatable bonds is 8. The zero-order chi connectivity index (χ0) is 15.1. The second-order valence-electron chi connectivity index (χ2n) is 5.65. The van der Waals surface area contributed by atoms with Crippen molar-refractivity contribution in [3.63, 3.8) is 0 Å². The van der Waals surface area contributed by atoms with Crippen molar-refractivity contribution in [1.29, 1.82) is 0 Å². The van der Waals surface area contributed by atoms with Crippen molar-refractivity contribution < 1.29 is 4.74 Å². The maximum Gasteiger partial charge on any atom is 0.130 e. The topological polar surface area (TPSA) is 48.1 Å². The zero-order valence-corrected chi connectivity index (χ0v) is 13.2. The Morgan fingerprint density at radius 3 is 2.62 bits per heavy atom. The van der Waals surface area contributed by atoms with Crippen LogP contribution in [0.15, 0.2) is 24.3 Å². The maximum atomic E-state index is 5.97. The molecule has 0 amide bonds. The first kappa shape index (κ1) is 15.6. The van der Waals surface area contributed by atoms with Crippen molar-refractivity contribution in [3.05, 3.63) is 30.0 Å². The molecule has 3 nitrogen and oxygen atoms in total. The fourth-order valence-corrected chi connectivity index (χ4v) is 2.52. The molecule has 0 bridgehead atoms. The number of aryl methyl sites for hydroxylation is 1. The van der Waals surface area contributed by atoms with E-state index in [1.165, 1.54) is 32.1 Å². The third kappa shape index (κ3) is 4.62. The van der Waals surface area contributed by atoms with Gasteiger partial charge in [-0.05, 0) is 31.5 Å². The van der Waals surface area contributed by atoms with E-state index in [2.05, 4.69) is 11.9 Å². The summed E-state index contributed by atoms with van der Waals surface area (Å²) in [6.07, 6.45) is 7.62. The normalized spacial score (nSPS) is 11.0. The number of ether oxygens (including phenoxy) is 1. The molecular weight excluding hydrogens is 260 g/mol. The molecule has 2 aromatic rings. The van der Waals surface area contributed by atoms with Crippen LogP contribution in [-0.4, -0.2) is 11.6 Å². The molecule has 0 spiro atoms. The second kappa shape index (κ2) is 7.87. The van der Waals surface area contributed by atoms with Gasteiger partial charge in [0.15, 0.2) is 0 Å². The van der Waals surface area contributed by atoms with E-state index in [0.717, 1.165) is 41.1 Å². The minimum Gasteiger partial charge on any atom is -0.493 e. The molecule has 3 heteroatoms. The number of hydrogen-bond acceptors (Lipinski definition) is 3. The Kier molecular flexibility index (Phi) is 5.85. The summed E-state index contributed by atoms with van der Waals surface area (Å²) in [6, 6.07) is 7.78. The Balaban J connectivity index is 1.93. The lowest BCUT2D eigenvalue weighted by Crippen LogP contribution is -2.00. The number of pyridine rings is 1. The third-order valence-corrected chi connectivity index (χ3v) is 3.68. The molecule has 1 aromatic carbocycles. The van der Waals surface area contributed by atoms with E-state index in [0.29, 0.717) is 0 Å². The number of anilines is 1. The average molecular weight is 286 g/mol. The molecule has 0 unspecified atom stereocenters. The molecule has 21 heavy (non-hydrogen) atoms. The highest BCUT2D eigenvalue weighted by Gasteiger charge is 2.05. The Bertz CT molecular complexity index is 581. The SMILES string of the molecule is CCCCCCCCOc1cc(C)nc2ccc(N)cc12. The summed E-state index contributed by atoms with van der Waals surface area (Å²) in [7, 11) is 0. The number of benzene rings is 1. The number of fused-ring (bicyclic) bond motifs is 1. The highest BCUT2D eigenvalue weighted by Crippen LogP contribution is 2.27. The van der Waals surface area contributed by atoms with Gasteiger partial charge >= 0.3 is 0 Å². The number of hydrogen-bond donors (Lipinski definition) is 1. The maximum absolute atomic E-state index is 5.97. The number of nitrogens with two attached hydrogens (primary N) is 1. The van der Waals surface area contributed by atoms with Gasteiger partial charge in [-0.15, -0.1) is 0 Å². The molecule has 2 rings (SSSR count). The molecule has 0 aliphatic carbocycles.